The highest BCUT2D eigenvalue weighted by molar-refractivity contribution is 5.92. The summed E-state index contributed by atoms with van der Waals surface area (Å²) >= 11 is 0. The molecule has 0 aliphatic carbocycles. The summed E-state index contributed by atoms with van der Waals surface area (Å²) in [5.74, 6) is 0.670. The molecule has 4 heteroatoms. The first kappa shape index (κ1) is 13.1. The van der Waals surface area contributed by atoms with Crippen LogP contribution in [0.5, 0.6) is 0 Å². The molecule has 1 unspecified atom stereocenters. The van der Waals surface area contributed by atoms with Crippen molar-refractivity contribution in [3.63, 3.8) is 0 Å². The number of primary amides is 1. The molecular weight excluding hydrogens is 238 g/mol. The highest BCUT2D eigenvalue weighted by atomic mass is 16.1. The van der Waals surface area contributed by atoms with Crippen molar-refractivity contribution in [3.8, 4) is 0 Å². The topological polar surface area (TPSA) is 68.0 Å². The lowest BCUT2D eigenvalue weighted by molar-refractivity contribution is 0.1000. The lowest BCUT2D eigenvalue weighted by Gasteiger charge is -2.13. The molecule has 0 aliphatic heterocycles. The number of aromatic nitrogens is 1. The maximum atomic E-state index is 10.9. The number of pyridine rings is 1. The summed E-state index contributed by atoms with van der Waals surface area (Å²) in [4.78, 5) is 15.1. The van der Waals surface area contributed by atoms with Crippen LogP contribution in [0.15, 0.2) is 48.7 Å². The Balaban J connectivity index is 1.93. The van der Waals surface area contributed by atoms with Crippen LogP contribution in [0.25, 0.3) is 0 Å². The molecule has 2 aromatic rings. The number of anilines is 1. The lowest BCUT2D eigenvalue weighted by atomic mass is 10.0. The van der Waals surface area contributed by atoms with Gasteiger partial charge in [0.05, 0.1) is 5.56 Å². The summed E-state index contributed by atoms with van der Waals surface area (Å²) in [7, 11) is 0. The molecule has 0 saturated heterocycles. The van der Waals surface area contributed by atoms with E-state index in [0.29, 0.717) is 11.5 Å². The maximum Gasteiger partial charge on any atom is 0.250 e. The van der Waals surface area contributed by atoms with E-state index >= 15 is 0 Å². The largest absolute Gasteiger partial charge is 0.369 e. The molecular formula is C15H17N3O. The van der Waals surface area contributed by atoms with Crippen molar-refractivity contribution in [1.82, 2.24) is 4.98 Å². The van der Waals surface area contributed by atoms with Gasteiger partial charge in [0.15, 0.2) is 0 Å². The van der Waals surface area contributed by atoms with Crippen molar-refractivity contribution in [1.29, 1.82) is 0 Å². The fourth-order valence-corrected chi connectivity index (χ4v) is 1.80. The van der Waals surface area contributed by atoms with E-state index in [-0.39, 0.29) is 0 Å². The van der Waals surface area contributed by atoms with Gasteiger partial charge in [-0.15, -0.1) is 0 Å². The number of benzene rings is 1. The van der Waals surface area contributed by atoms with E-state index in [2.05, 4.69) is 29.4 Å². The number of nitrogens with two attached hydrogens (primary N) is 1. The molecule has 1 atom stereocenters. The molecule has 0 saturated carbocycles. The number of nitrogens with zero attached hydrogens (tertiary/aromatic N) is 1. The van der Waals surface area contributed by atoms with Crippen LogP contribution in [-0.4, -0.2) is 17.4 Å². The molecule has 0 radical (unpaired) electrons. The molecule has 3 N–H and O–H groups in total. The first-order chi connectivity index (χ1) is 9.16. The van der Waals surface area contributed by atoms with Crippen molar-refractivity contribution in [2.75, 3.05) is 11.9 Å². The molecule has 0 aliphatic rings. The molecule has 1 amide bonds. The van der Waals surface area contributed by atoms with E-state index < -0.39 is 5.91 Å². The second-order valence-corrected chi connectivity index (χ2v) is 4.49. The van der Waals surface area contributed by atoms with Crippen LogP contribution in [-0.2, 0) is 0 Å². The smallest absolute Gasteiger partial charge is 0.250 e. The van der Waals surface area contributed by atoms with E-state index in [4.69, 9.17) is 5.73 Å². The zero-order valence-corrected chi connectivity index (χ0v) is 10.8. The summed E-state index contributed by atoms with van der Waals surface area (Å²) in [5, 5.41) is 3.25. The molecule has 0 fully saturated rings. The molecule has 1 aromatic carbocycles. The van der Waals surface area contributed by atoms with Gasteiger partial charge in [0.25, 0.3) is 0 Å². The van der Waals surface area contributed by atoms with Crippen molar-refractivity contribution in [2.45, 2.75) is 12.8 Å². The number of hydrogen-bond donors (Lipinski definition) is 2. The van der Waals surface area contributed by atoms with Crippen LogP contribution >= 0.6 is 0 Å². The number of amides is 1. The fraction of sp³-hybridized carbons (Fsp3) is 0.200. The molecule has 2 rings (SSSR count). The van der Waals surface area contributed by atoms with Crippen LogP contribution in [0, 0.1) is 0 Å². The third kappa shape index (κ3) is 3.55. The second-order valence-electron chi connectivity index (χ2n) is 4.49. The van der Waals surface area contributed by atoms with Crippen molar-refractivity contribution in [2.24, 2.45) is 5.73 Å². The van der Waals surface area contributed by atoms with E-state index in [0.717, 1.165) is 12.4 Å². The number of carbonyl (C=O) groups is 1. The Hall–Kier alpha value is -2.36. The van der Waals surface area contributed by atoms with Gasteiger partial charge in [-0.25, -0.2) is 4.98 Å². The van der Waals surface area contributed by atoms with E-state index in [1.54, 1.807) is 12.1 Å². The Morgan fingerprint density at radius 3 is 2.58 bits per heavy atom. The minimum atomic E-state index is -0.461. The maximum absolute atomic E-state index is 10.9. The summed E-state index contributed by atoms with van der Waals surface area (Å²) < 4.78 is 0. The Bertz CT molecular complexity index is 537. The lowest BCUT2D eigenvalue weighted by Crippen LogP contribution is -2.13. The third-order valence-electron chi connectivity index (χ3n) is 3.01. The van der Waals surface area contributed by atoms with Crippen LogP contribution in [0.3, 0.4) is 0 Å². The van der Waals surface area contributed by atoms with Crippen molar-refractivity contribution < 1.29 is 4.79 Å². The summed E-state index contributed by atoms with van der Waals surface area (Å²) in [5.41, 5.74) is 6.86. The first-order valence-electron chi connectivity index (χ1n) is 6.21. The number of rotatable bonds is 5. The standard InChI is InChI=1S/C15H17N3O/c1-11(12-5-3-2-4-6-12)9-17-14-8-7-13(10-18-14)15(16)19/h2-8,10-11H,9H2,1H3,(H2,16,19)(H,17,18). The predicted octanol–water partition coefficient (Wildman–Crippen LogP) is 2.40. The molecule has 0 spiro atoms. The Labute approximate surface area is 112 Å². The van der Waals surface area contributed by atoms with Crippen molar-refractivity contribution in [3.05, 3.63) is 59.8 Å². The van der Waals surface area contributed by atoms with Crippen molar-refractivity contribution >= 4 is 11.7 Å². The number of nitrogens with one attached hydrogen (secondary N) is 1. The quantitative estimate of drug-likeness (QED) is 0.862. The molecule has 98 valence electrons. The monoisotopic (exact) mass is 255 g/mol. The van der Waals surface area contributed by atoms with Gasteiger partial charge in [0, 0.05) is 12.7 Å². The minimum absolute atomic E-state index is 0.388. The zero-order valence-electron chi connectivity index (χ0n) is 10.8. The van der Waals surface area contributed by atoms with Gasteiger partial charge in [-0.2, -0.15) is 0 Å². The van der Waals surface area contributed by atoms with Gasteiger partial charge in [0.2, 0.25) is 5.91 Å². The first-order valence-corrected chi connectivity index (χ1v) is 6.21. The molecule has 0 bridgehead atoms. The van der Waals surface area contributed by atoms with Crippen LogP contribution in [0.4, 0.5) is 5.82 Å². The SMILES string of the molecule is CC(CNc1ccc(C(N)=O)cn1)c1ccccc1. The number of hydrogen-bond acceptors (Lipinski definition) is 3. The van der Waals surface area contributed by atoms with Crippen LogP contribution < -0.4 is 11.1 Å². The molecule has 19 heavy (non-hydrogen) atoms. The molecule has 1 aromatic heterocycles. The van der Waals surface area contributed by atoms with Gasteiger partial charge >= 0.3 is 0 Å². The van der Waals surface area contributed by atoms with E-state index in [1.165, 1.54) is 11.8 Å². The Morgan fingerprint density at radius 1 is 1.26 bits per heavy atom. The predicted molar refractivity (Wildman–Crippen MR) is 76.1 cm³/mol. The van der Waals surface area contributed by atoms with E-state index in [9.17, 15) is 4.79 Å². The van der Waals surface area contributed by atoms with Gasteiger partial charge in [0.1, 0.15) is 5.82 Å². The highest BCUT2D eigenvalue weighted by Gasteiger charge is 2.05. The Kier molecular flexibility index (Phi) is 4.13. The number of carbonyl (C=O) groups excluding carboxylic acids is 1. The Morgan fingerprint density at radius 2 is 2.00 bits per heavy atom. The van der Waals surface area contributed by atoms with Gasteiger partial charge in [-0.1, -0.05) is 37.3 Å². The van der Waals surface area contributed by atoms with Gasteiger partial charge in [-0.05, 0) is 23.6 Å². The van der Waals surface area contributed by atoms with E-state index in [1.807, 2.05) is 18.2 Å². The highest BCUT2D eigenvalue weighted by Crippen LogP contribution is 2.15. The summed E-state index contributed by atoms with van der Waals surface area (Å²) in [6, 6.07) is 13.7. The average molecular weight is 255 g/mol. The summed E-state index contributed by atoms with van der Waals surface area (Å²) in [6.07, 6.45) is 1.48. The van der Waals surface area contributed by atoms with Gasteiger partial charge < -0.3 is 11.1 Å². The molecule has 1 heterocycles. The van der Waals surface area contributed by atoms with Crippen LogP contribution in [0.1, 0.15) is 28.8 Å². The molecule has 4 nitrogen and oxygen atoms in total. The zero-order chi connectivity index (χ0) is 13.7. The second kappa shape index (κ2) is 6.00. The minimum Gasteiger partial charge on any atom is -0.369 e. The average Bonchev–Trinajstić information content (AvgIpc) is 2.46. The summed E-state index contributed by atoms with van der Waals surface area (Å²) in [6.45, 7) is 2.94. The third-order valence-corrected chi connectivity index (χ3v) is 3.01. The van der Waals surface area contributed by atoms with Gasteiger partial charge in [-0.3, -0.25) is 4.79 Å². The normalized spacial score (nSPS) is 11.8. The fourth-order valence-electron chi connectivity index (χ4n) is 1.80. The van der Waals surface area contributed by atoms with Crippen LogP contribution in [0.2, 0.25) is 0 Å².